The number of nitrogens with zero attached hydrogens (tertiary/aromatic N) is 1. The van der Waals surface area contributed by atoms with Crippen molar-refractivity contribution in [2.45, 2.75) is 52.5 Å². The first kappa shape index (κ1) is 16.1. The summed E-state index contributed by atoms with van der Waals surface area (Å²) in [4.78, 5) is 4.14. The van der Waals surface area contributed by atoms with Crippen molar-refractivity contribution in [1.29, 1.82) is 0 Å². The minimum absolute atomic E-state index is 0.0863. The molecule has 7 heteroatoms. The van der Waals surface area contributed by atoms with E-state index in [2.05, 4.69) is 15.0 Å². The van der Waals surface area contributed by atoms with Crippen LogP contribution in [0.3, 0.4) is 0 Å². The highest BCUT2D eigenvalue weighted by Crippen LogP contribution is 2.08. The van der Waals surface area contributed by atoms with Gasteiger partial charge in [-0.05, 0) is 20.8 Å². The van der Waals surface area contributed by atoms with Crippen LogP contribution < -0.4 is 10.0 Å². The Hall–Kier alpha value is -0.920. The predicted octanol–water partition coefficient (Wildman–Crippen LogP) is 1.10. The zero-order valence-corrected chi connectivity index (χ0v) is 13.0. The van der Waals surface area contributed by atoms with Gasteiger partial charge in [0.1, 0.15) is 5.76 Å². The lowest BCUT2D eigenvalue weighted by molar-refractivity contribution is 0.461. The van der Waals surface area contributed by atoms with Gasteiger partial charge in [0, 0.05) is 12.6 Å². The highest BCUT2D eigenvalue weighted by Gasteiger charge is 2.21. The molecule has 1 heterocycles. The molecule has 1 aromatic rings. The van der Waals surface area contributed by atoms with Gasteiger partial charge in [0.25, 0.3) is 0 Å². The van der Waals surface area contributed by atoms with Gasteiger partial charge in [0.2, 0.25) is 15.9 Å². The smallest absolute Gasteiger partial charge is 0.215 e. The van der Waals surface area contributed by atoms with Crippen LogP contribution in [0.1, 0.15) is 38.1 Å². The molecule has 1 atom stereocenters. The zero-order chi connectivity index (χ0) is 14.6. The van der Waals surface area contributed by atoms with Crippen LogP contribution in [0, 0.1) is 13.8 Å². The van der Waals surface area contributed by atoms with Crippen molar-refractivity contribution in [3.8, 4) is 0 Å². The molecule has 0 aromatic carbocycles. The zero-order valence-electron chi connectivity index (χ0n) is 12.1. The molecule has 1 unspecified atom stereocenters. The Kier molecular flexibility index (Phi) is 5.51. The lowest BCUT2D eigenvalue weighted by atomic mass is 10.3. The van der Waals surface area contributed by atoms with Gasteiger partial charge in [0.15, 0.2) is 0 Å². The van der Waals surface area contributed by atoms with Gasteiger partial charge in [-0.25, -0.2) is 18.1 Å². The fourth-order valence-corrected chi connectivity index (χ4v) is 2.36. The predicted molar refractivity (Wildman–Crippen MR) is 74.3 cm³/mol. The molecule has 1 aromatic heterocycles. The molecular weight excluding hydrogens is 266 g/mol. The molecule has 110 valence electrons. The first-order valence-corrected chi connectivity index (χ1v) is 7.91. The Bertz CT molecular complexity index is 489. The number of hydrogen-bond acceptors (Lipinski definition) is 5. The molecule has 0 bridgehead atoms. The van der Waals surface area contributed by atoms with Crippen molar-refractivity contribution < 1.29 is 12.8 Å². The van der Waals surface area contributed by atoms with Gasteiger partial charge in [-0.15, -0.1) is 0 Å². The summed E-state index contributed by atoms with van der Waals surface area (Å²) in [6.07, 6.45) is 0. The first-order valence-electron chi connectivity index (χ1n) is 6.37. The van der Waals surface area contributed by atoms with Crippen LogP contribution in [0.4, 0.5) is 0 Å². The fourth-order valence-electron chi connectivity index (χ4n) is 1.43. The normalized spacial score (nSPS) is 14.0. The molecule has 1 rings (SSSR count). The lowest BCUT2D eigenvalue weighted by Crippen LogP contribution is -2.40. The summed E-state index contributed by atoms with van der Waals surface area (Å²) < 4.78 is 31.8. The molecule has 6 nitrogen and oxygen atoms in total. The highest BCUT2D eigenvalue weighted by atomic mass is 32.2. The average Bonchev–Trinajstić information content (AvgIpc) is 2.63. The SMILES string of the molecule is Cc1nc(CNS(=O)(=O)C(C)CNC(C)C)oc1C. The highest BCUT2D eigenvalue weighted by molar-refractivity contribution is 7.90. The Morgan fingerprint density at radius 1 is 1.26 bits per heavy atom. The van der Waals surface area contributed by atoms with E-state index >= 15 is 0 Å². The minimum atomic E-state index is -3.37. The van der Waals surface area contributed by atoms with Gasteiger partial charge in [-0.1, -0.05) is 13.8 Å². The third-order valence-electron chi connectivity index (χ3n) is 2.84. The third-order valence-corrected chi connectivity index (χ3v) is 4.61. The Morgan fingerprint density at radius 2 is 1.89 bits per heavy atom. The number of aryl methyl sites for hydroxylation is 2. The Balaban J connectivity index is 2.54. The summed E-state index contributed by atoms with van der Waals surface area (Å²) in [5, 5.41) is 2.60. The van der Waals surface area contributed by atoms with E-state index < -0.39 is 15.3 Å². The maximum absolute atomic E-state index is 12.0. The number of aromatic nitrogens is 1. The maximum atomic E-state index is 12.0. The van der Waals surface area contributed by atoms with Gasteiger partial charge < -0.3 is 9.73 Å². The molecule has 0 aliphatic carbocycles. The van der Waals surface area contributed by atoms with Crippen LogP contribution in [0.15, 0.2) is 4.42 Å². The monoisotopic (exact) mass is 289 g/mol. The largest absolute Gasteiger partial charge is 0.444 e. The van der Waals surface area contributed by atoms with E-state index in [0.717, 1.165) is 5.69 Å². The topological polar surface area (TPSA) is 84.2 Å². The lowest BCUT2D eigenvalue weighted by Gasteiger charge is -2.15. The van der Waals surface area contributed by atoms with Crippen LogP contribution in [0.2, 0.25) is 0 Å². The van der Waals surface area contributed by atoms with Crippen molar-refractivity contribution in [3.63, 3.8) is 0 Å². The number of hydrogen-bond donors (Lipinski definition) is 2. The van der Waals surface area contributed by atoms with E-state index in [1.807, 2.05) is 20.8 Å². The van der Waals surface area contributed by atoms with Crippen molar-refractivity contribution >= 4 is 10.0 Å². The molecule has 0 radical (unpaired) electrons. The van der Waals surface area contributed by atoms with Crippen LogP contribution >= 0.6 is 0 Å². The minimum Gasteiger partial charge on any atom is -0.444 e. The summed E-state index contributed by atoms with van der Waals surface area (Å²) in [5.74, 6) is 1.10. The summed E-state index contributed by atoms with van der Waals surface area (Å²) in [6.45, 7) is 9.75. The third kappa shape index (κ3) is 4.93. The maximum Gasteiger partial charge on any atom is 0.215 e. The van der Waals surface area contributed by atoms with Crippen LogP contribution in [-0.2, 0) is 16.6 Å². The standard InChI is InChI=1S/C12H23N3O3S/c1-8(2)13-6-9(3)19(16,17)14-7-12-15-10(4)11(5)18-12/h8-9,13-14H,6-7H2,1-5H3. The molecule has 0 amide bonds. The van der Waals surface area contributed by atoms with E-state index in [9.17, 15) is 8.42 Å². The van der Waals surface area contributed by atoms with Gasteiger partial charge in [-0.3, -0.25) is 0 Å². The van der Waals surface area contributed by atoms with Crippen molar-refractivity contribution in [1.82, 2.24) is 15.0 Å². The van der Waals surface area contributed by atoms with Crippen LogP contribution in [0.5, 0.6) is 0 Å². The molecule has 2 N–H and O–H groups in total. The van der Waals surface area contributed by atoms with E-state index in [1.54, 1.807) is 13.8 Å². The van der Waals surface area contributed by atoms with Crippen LogP contribution in [-0.4, -0.2) is 31.2 Å². The molecule has 19 heavy (non-hydrogen) atoms. The quantitative estimate of drug-likeness (QED) is 0.785. The molecular formula is C12H23N3O3S. The average molecular weight is 289 g/mol. The van der Waals surface area contributed by atoms with Crippen LogP contribution in [0.25, 0.3) is 0 Å². The van der Waals surface area contributed by atoms with E-state index in [4.69, 9.17) is 4.42 Å². The molecule has 0 spiro atoms. The Labute approximate surface area is 115 Å². The summed E-state index contributed by atoms with van der Waals surface area (Å²) >= 11 is 0. The molecule has 0 aliphatic heterocycles. The van der Waals surface area contributed by atoms with Crippen molar-refractivity contribution in [2.75, 3.05) is 6.54 Å². The second-order valence-electron chi connectivity index (χ2n) is 4.99. The summed E-state index contributed by atoms with van der Waals surface area (Å²) in [5.41, 5.74) is 0.781. The second-order valence-corrected chi connectivity index (χ2v) is 7.17. The number of rotatable bonds is 7. The van der Waals surface area contributed by atoms with Crippen molar-refractivity contribution in [3.05, 3.63) is 17.3 Å². The summed E-state index contributed by atoms with van der Waals surface area (Å²) in [6, 6.07) is 0.259. The van der Waals surface area contributed by atoms with Gasteiger partial charge >= 0.3 is 0 Å². The molecule has 0 fully saturated rings. The molecule has 0 aliphatic rings. The molecule has 0 saturated carbocycles. The fraction of sp³-hybridized carbons (Fsp3) is 0.750. The van der Waals surface area contributed by atoms with Crippen molar-refractivity contribution in [2.24, 2.45) is 0 Å². The first-order chi connectivity index (χ1) is 8.72. The van der Waals surface area contributed by atoms with Gasteiger partial charge in [-0.2, -0.15) is 0 Å². The number of oxazole rings is 1. The second kappa shape index (κ2) is 6.49. The van der Waals surface area contributed by atoms with E-state index in [-0.39, 0.29) is 12.6 Å². The summed E-state index contributed by atoms with van der Waals surface area (Å²) in [7, 11) is -3.37. The number of sulfonamides is 1. The van der Waals surface area contributed by atoms with Gasteiger partial charge in [0.05, 0.1) is 17.5 Å². The molecule has 0 saturated heterocycles. The van der Waals surface area contributed by atoms with E-state index in [1.165, 1.54) is 0 Å². The Morgan fingerprint density at radius 3 is 2.37 bits per heavy atom. The van der Waals surface area contributed by atoms with E-state index in [0.29, 0.717) is 18.2 Å². The number of nitrogens with one attached hydrogen (secondary N) is 2.